The molecule has 0 bridgehead atoms. The number of imidazole rings is 1. The minimum atomic E-state index is -1.13. The molecule has 0 aliphatic carbocycles. The quantitative estimate of drug-likeness (QED) is 0.723. The van der Waals surface area contributed by atoms with Gasteiger partial charge in [0.1, 0.15) is 6.23 Å². The molecule has 22 heavy (non-hydrogen) atoms. The zero-order valence-electron chi connectivity index (χ0n) is 12.2. The molecule has 0 radical (unpaired) electrons. The third kappa shape index (κ3) is 2.52. The molecule has 0 fully saturated rings. The van der Waals surface area contributed by atoms with Crippen LogP contribution >= 0.6 is 11.6 Å². The smallest absolute Gasteiger partial charge is 0.181 e. The molecular weight excluding hydrogens is 302 g/mol. The number of halogens is 1. The van der Waals surface area contributed by atoms with Crippen molar-refractivity contribution in [2.24, 2.45) is 5.73 Å². The number of fused-ring (bicyclic) bond motifs is 1. The van der Waals surface area contributed by atoms with E-state index in [-0.39, 0.29) is 0 Å². The topological polar surface area (TPSA) is 79.7 Å². The number of aliphatic hydroxyl groups is 1. The van der Waals surface area contributed by atoms with Crippen molar-refractivity contribution < 1.29 is 5.11 Å². The molecule has 1 aromatic carbocycles. The molecule has 1 unspecified atom stereocenters. The molecule has 0 aliphatic rings. The van der Waals surface area contributed by atoms with Crippen LogP contribution in [0.2, 0.25) is 5.02 Å². The molecule has 6 nitrogen and oxygen atoms in total. The third-order valence-corrected chi connectivity index (χ3v) is 3.62. The Morgan fingerprint density at radius 1 is 1.27 bits per heavy atom. The Morgan fingerprint density at radius 2 is 1.95 bits per heavy atom. The summed E-state index contributed by atoms with van der Waals surface area (Å²) >= 11 is 5.92. The Balaban J connectivity index is 2.24. The average molecular weight is 318 g/mol. The van der Waals surface area contributed by atoms with Crippen molar-refractivity contribution in [1.82, 2.24) is 14.4 Å². The second kappa shape index (κ2) is 5.57. The van der Waals surface area contributed by atoms with Crippen LogP contribution in [0, 0.1) is 0 Å². The van der Waals surface area contributed by atoms with Crippen molar-refractivity contribution in [3.63, 3.8) is 0 Å². The van der Waals surface area contributed by atoms with Crippen LogP contribution < -0.4 is 10.6 Å². The van der Waals surface area contributed by atoms with Gasteiger partial charge in [0.15, 0.2) is 11.5 Å². The Kier molecular flexibility index (Phi) is 3.74. The maximum absolute atomic E-state index is 9.73. The van der Waals surface area contributed by atoms with Gasteiger partial charge in [-0.25, -0.2) is 9.97 Å². The summed E-state index contributed by atoms with van der Waals surface area (Å²) in [6, 6.07) is 7.41. The lowest BCUT2D eigenvalue weighted by Gasteiger charge is -2.14. The molecule has 0 aliphatic heterocycles. The maximum atomic E-state index is 9.73. The minimum Gasteiger partial charge on any atom is -0.373 e. The van der Waals surface area contributed by atoms with Crippen LogP contribution in [0.15, 0.2) is 36.7 Å². The molecule has 0 amide bonds. The predicted molar refractivity (Wildman–Crippen MR) is 86.9 cm³/mol. The number of nitrogens with two attached hydrogens (primary N) is 1. The number of hydrogen-bond acceptors (Lipinski definition) is 5. The van der Waals surface area contributed by atoms with E-state index < -0.39 is 6.23 Å². The monoisotopic (exact) mass is 317 g/mol. The number of benzene rings is 1. The van der Waals surface area contributed by atoms with Gasteiger partial charge in [-0.2, -0.15) is 0 Å². The number of nitrogens with zero attached hydrogens (tertiary/aromatic N) is 4. The molecule has 1 atom stereocenters. The summed E-state index contributed by atoms with van der Waals surface area (Å²) in [7, 11) is 3.77. The first-order chi connectivity index (χ1) is 10.5. The molecule has 2 heterocycles. The van der Waals surface area contributed by atoms with Gasteiger partial charge < -0.3 is 15.7 Å². The molecule has 0 spiro atoms. The zero-order valence-corrected chi connectivity index (χ0v) is 13.0. The average Bonchev–Trinajstić information content (AvgIpc) is 2.91. The van der Waals surface area contributed by atoms with Gasteiger partial charge in [-0.15, -0.1) is 0 Å². The SMILES string of the molecule is CN(C)c1ncc(C(N)O)n2cc(-c3ccc(Cl)cc3)nc12. The maximum Gasteiger partial charge on any atom is 0.181 e. The fraction of sp³-hybridized carbons (Fsp3) is 0.200. The van der Waals surface area contributed by atoms with Crippen LogP contribution in [-0.4, -0.2) is 33.6 Å². The number of rotatable bonds is 3. The van der Waals surface area contributed by atoms with Crippen molar-refractivity contribution >= 4 is 23.1 Å². The predicted octanol–water partition coefficient (Wildman–Crippen LogP) is 2.07. The van der Waals surface area contributed by atoms with E-state index in [2.05, 4.69) is 9.97 Å². The highest BCUT2D eigenvalue weighted by Crippen LogP contribution is 2.26. The van der Waals surface area contributed by atoms with Crippen LogP contribution in [-0.2, 0) is 0 Å². The standard InChI is InChI=1S/C15H16ClN5O/c1-20(2)14-15-19-11(9-3-5-10(16)6-4-9)8-21(15)12(7-18-14)13(17)22/h3-8,13,22H,17H2,1-2H3. The van der Waals surface area contributed by atoms with Crippen LogP contribution in [0.1, 0.15) is 11.9 Å². The van der Waals surface area contributed by atoms with Crippen molar-refractivity contribution in [2.45, 2.75) is 6.23 Å². The summed E-state index contributed by atoms with van der Waals surface area (Å²) in [5.41, 5.74) is 8.41. The Morgan fingerprint density at radius 3 is 2.55 bits per heavy atom. The second-order valence-electron chi connectivity index (χ2n) is 5.17. The van der Waals surface area contributed by atoms with E-state index in [0.29, 0.717) is 22.2 Å². The second-order valence-corrected chi connectivity index (χ2v) is 5.61. The molecule has 7 heteroatoms. The van der Waals surface area contributed by atoms with E-state index in [1.165, 1.54) is 0 Å². The third-order valence-electron chi connectivity index (χ3n) is 3.37. The molecule has 3 aromatic rings. The largest absolute Gasteiger partial charge is 0.373 e. The Bertz CT molecular complexity index is 766. The highest BCUT2D eigenvalue weighted by Gasteiger charge is 2.16. The summed E-state index contributed by atoms with van der Waals surface area (Å²) in [5.74, 6) is 0.699. The minimum absolute atomic E-state index is 0.480. The zero-order chi connectivity index (χ0) is 15.9. The van der Waals surface area contributed by atoms with Crippen molar-refractivity contribution in [3.05, 3.63) is 47.4 Å². The van der Waals surface area contributed by atoms with E-state index in [1.54, 1.807) is 10.6 Å². The van der Waals surface area contributed by atoms with E-state index in [0.717, 1.165) is 11.3 Å². The molecule has 0 saturated carbocycles. The van der Waals surface area contributed by atoms with E-state index in [9.17, 15) is 5.11 Å². The lowest BCUT2D eigenvalue weighted by Crippen LogP contribution is -2.17. The summed E-state index contributed by atoms with van der Waals surface area (Å²) in [5, 5.41) is 10.4. The Hall–Kier alpha value is -2.15. The number of aliphatic hydroxyl groups excluding tert-OH is 1. The first-order valence-electron chi connectivity index (χ1n) is 6.72. The molecule has 3 rings (SSSR count). The first kappa shape index (κ1) is 14.8. The van der Waals surface area contributed by atoms with Gasteiger partial charge in [-0.3, -0.25) is 4.40 Å². The van der Waals surface area contributed by atoms with Gasteiger partial charge in [-0.1, -0.05) is 23.7 Å². The lowest BCUT2D eigenvalue weighted by molar-refractivity contribution is 0.179. The van der Waals surface area contributed by atoms with Crippen LogP contribution in [0.25, 0.3) is 16.9 Å². The van der Waals surface area contributed by atoms with Crippen LogP contribution in [0.3, 0.4) is 0 Å². The fourth-order valence-electron chi connectivity index (χ4n) is 2.28. The highest BCUT2D eigenvalue weighted by molar-refractivity contribution is 6.30. The van der Waals surface area contributed by atoms with E-state index in [1.807, 2.05) is 49.5 Å². The number of aromatic nitrogens is 3. The highest BCUT2D eigenvalue weighted by atomic mass is 35.5. The van der Waals surface area contributed by atoms with Gasteiger partial charge in [0.2, 0.25) is 0 Å². The molecular formula is C15H16ClN5O. The molecule has 114 valence electrons. The van der Waals surface area contributed by atoms with Gasteiger partial charge in [-0.05, 0) is 12.1 Å². The first-order valence-corrected chi connectivity index (χ1v) is 7.10. The summed E-state index contributed by atoms with van der Waals surface area (Å²) in [4.78, 5) is 10.8. The molecule has 2 aromatic heterocycles. The van der Waals surface area contributed by atoms with Crippen molar-refractivity contribution in [3.8, 4) is 11.3 Å². The fourth-order valence-corrected chi connectivity index (χ4v) is 2.40. The van der Waals surface area contributed by atoms with Gasteiger partial charge in [0.05, 0.1) is 17.6 Å². The summed E-state index contributed by atoms with van der Waals surface area (Å²) in [6.45, 7) is 0. The molecule has 0 saturated heterocycles. The van der Waals surface area contributed by atoms with Gasteiger partial charge >= 0.3 is 0 Å². The van der Waals surface area contributed by atoms with Crippen molar-refractivity contribution in [1.29, 1.82) is 0 Å². The van der Waals surface area contributed by atoms with Gasteiger partial charge in [0.25, 0.3) is 0 Å². The number of hydrogen-bond donors (Lipinski definition) is 2. The summed E-state index contributed by atoms with van der Waals surface area (Å²) in [6.07, 6.45) is 2.26. The van der Waals surface area contributed by atoms with Gasteiger partial charge in [0, 0.05) is 30.9 Å². The molecule has 3 N–H and O–H groups in total. The normalized spacial score (nSPS) is 12.6. The number of anilines is 1. The summed E-state index contributed by atoms with van der Waals surface area (Å²) < 4.78 is 1.76. The Labute approximate surface area is 132 Å². The van der Waals surface area contributed by atoms with Crippen molar-refractivity contribution in [2.75, 3.05) is 19.0 Å². The van der Waals surface area contributed by atoms with Crippen LogP contribution in [0.5, 0.6) is 0 Å². The van der Waals surface area contributed by atoms with Crippen LogP contribution in [0.4, 0.5) is 5.82 Å². The van der Waals surface area contributed by atoms with E-state index >= 15 is 0 Å². The van der Waals surface area contributed by atoms with E-state index in [4.69, 9.17) is 17.3 Å². The lowest BCUT2D eigenvalue weighted by atomic mass is 10.2.